The average Bonchev–Trinajstić information content (AvgIpc) is 2.24. The molecule has 82 valence electrons. The molecule has 0 atom stereocenters. The smallest absolute Gasteiger partial charge is 0.146 e. The third-order valence-corrected chi connectivity index (χ3v) is 2.27. The highest BCUT2D eigenvalue weighted by Gasteiger charge is 2.04. The molecule has 0 unspecified atom stereocenters. The highest BCUT2D eigenvalue weighted by atomic mass is 35.5. The van der Waals surface area contributed by atoms with Crippen LogP contribution in [0.25, 0.3) is 0 Å². The van der Waals surface area contributed by atoms with E-state index in [1.165, 1.54) is 30.6 Å². The number of halogens is 3. The van der Waals surface area contributed by atoms with Crippen molar-refractivity contribution in [2.24, 2.45) is 0 Å². The predicted molar refractivity (Wildman–Crippen MR) is 61.7 cm³/mol. The summed E-state index contributed by atoms with van der Waals surface area (Å²) in [7, 11) is 0. The molecule has 0 radical (unpaired) electrons. The van der Waals surface area contributed by atoms with Crippen LogP contribution in [0, 0.1) is 5.82 Å². The van der Waals surface area contributed by atoms with Crippen molar-refractivity contribution >= 4 is 34.7 Å². The van der Waals surface area contributed by atoms with Crippen molar-refractivity contribution in [2.45, 2.75) is 0 Å². The summed E-state index contributed by atoms with van der Waals surface area (Å²) in [6, 6.07) is 5.69. The second kappa shape index (κ2) is 4.63. The number of rotatable bonds is 2. The lowest BCUT2D eigenvalue weighted by atomic mass is 10.3. The first-order valence-electron chi connectivity index (χ1n) is 4.35. The number of hydrogen-bond donors (Lipinski definition) is 1. The summed E-state index contributed by atoms with van der Waals surface area (Å²) in [5, 5.41) is 3.47. The zero-order valence-corrected chi connectivity index (χ0v) is 9.43. The van der Waals surface area contributed by atoms with Gasteiger partial charge in [0, 0.05) is 11.1 Å². The van der Waals surface area contributed by atoms with Gasteiger partial charge in [0.05, 0.1) is 5.69 Å². The molecule has 0 aliphatic rings. The van der Waals surface area contributed by atoms with Crippen LogP contribution in [-0.4, -0.2) is 9.97 Å². The van der Waals surface area contributed by atoms with Gasteiger partial charge in [0.15, 0.2) is 0 Å². The van der Waals surface area contributed by atoms with Crippen LogP contribution in [-0.2, 0) is 0 Å². The van der Waals surface area contributed by atoms with E-state index in [1.807, 2.05) is 0 Å². The van der Waals surface area contributed by atoms with Crippen LogP contribution < -0.4 is 5.32 Å². The molecule has 2 aromatic rings. The van der Waals surface area contributed by atoms with Gasteiger partial charge in [-0.05, 0) is 18.2 Å². The van der Waals surface area contributed by atoms with Crippen LogP contribution in [0.2, 0.25) is 10.2 Å². The van der Waals surface area contributed by atoms with Crippen molar-refractivity contribution in [3.63, 3.8) is 0 Å². The Kier molecular flexibility index (Phi) is 3.22. The van der Waals surface area contributed by atoms with Gasteiger partial charge in [-0.25, -0.2) is 14.4 Å². The summed E-state index contributed by atoms with van der Waals surface area (Å²) >= 11 is 11.4. The van der Waals surface area contributed by atoms with E-state index in [0.717, 1.165) is 0 Å². The fourth-order valence-corrected chi connectivity index (χ4v) is 1.45. The van der Waals surface area contributed by atoms with Crippen molar-refractivity contribution in [1.82, 2.24) is 9.97 Å². The topological polar surface area (TPSA) is 37.8 Å². The Labute approximate surface area is 101 Å². The van der Waals surface area contributed by atoms with E-state index in [4.69, 9.17) is 23.2 Å². The molecule has 3 nitrogen and oxygen atoms in total. The molecule has 16 heavy (non-hydrogen) atoms. The maximum absolute atomic E-state index is 13.4. The maximum Gasteiger partial charge on any atom is 0.146 e. The Bertz CT molecular complexity index is 519. The minimum Gasteiger partial charge on any atom is -0.338 e. The van der Waals surface area contributed by atoms with Crippen molar-refractivity contribution in [2.75, 3.05) is 5.32 Å². The molecule has 2 rings (SSSR count). The van der Waals surface area contributed by atoms with Gasteiger partial charge in [-0.2, -0.15) is 0 Å². The van der Waals surface area contributed by atoms with Gasteiger partial charge in [0.1, 0.15) is 23.1 Å². The number of nitrogens with one attached hydrogen (secondary N) is 1. The van der Waals surface area contributed by atoms with Gasteiger partial charge < -0.3 is 5.32 Å². The molecule has 1 aromatic heterocycles. The van der Waals surface area contributed by atoms with E-state index in [1.54, 1.807) is 0 Å². The van der Waals surface area contributed by atoms with Crippen LogP contribution in [0.1, 0.15) is 0 Å². The number of benzene rings is 1. The van der Waals surface area contributed by atoms with Crippen LogP contribution >= 0.6 is 23.2 Å². The Morgan fingerprint density at radius 2 is 1.94 bits per heavy atom. The fraction of sp³-hybridized carbons (Fsp3) is 0. The Balaban J connectivity index is 2.30. The minimum absolute atomic E-state index is 0.238. The summed E-state index contributed by atoms with van der Waals surface area (Å²) in [5.74, 6) is -0.0136. The summed E-state index contributed by atoms with van der Waals surface area (Å²) in [6.07, 6.45) is 1.28. The first kappa shape index (κ1) is 11.1. The number of aromatic nitrogens is 2. The van der Waals surface area contributed by atoms with Crippen LogP contribution in [0.3, 0.4) is 0 Å². The molecule has 0 saturated carbocycles. The summed E-state index contributed by atoms with van der Waals surface area (Å²) in [5.41, 5.74) is 0.238. The first-order chi connectivity index (χ1) is 7.65. The van der Waals surface area contributed by atoms with Crippen molar-refractivity contribution in [3.05, 3.63) is 46.6 Å². The Morgan fingerprint density at radius 3 is 2.69 bits per heavy atom. The third-order valence-electron chi connectivity index (χ3n) is 1.82. The fourth-order valence-electron chi connectivity index (χ4n) is 1.13. The van der Waals surface area contributed by atoms with Gasteiger partial charge >= 0.3 is 0 Å². The second-order valence-electron chi connectivity index (χ2n) is 2.98. The van der Waals surface area contributed by atoms with Gasteiger partial charge in [-0.3, -0.25) is 0 Å². The van der Waals surface area contributed by atoms with Gasteiger partial charge in [0.25, 0.3) is 0 Å². The van der Waals surface area contributed by atoms with Crippen LogP contribution in [0.4, 0.5) is 15.9 Å². The lowest BCUT2D eigenvalue weighted by Crippen LogP contribution is -1.96. The van der Waals surface area contributed by atoms with Crippen molar-refractivity contribution < 1.29 is 4.39 Å². The lowest BCUT2D eigenvalue weighted by Gasteiger charge is -2.06. The van der Waals surface area contributed by atoms with E-state index in [-0.39, 0.29) is 10.8 Å². The van der Waals surface area contributed by atoms with E-state index in [2.05, 4.69) is 15.3 Å². The monoisotopic (exact) mass is 257 g/mol. The van der Waals surface area contributed by atoms with E-state index in [0.29, 0.717) is 10.8 Å². The molecule has 0 fully saturated rings. The summed E-state index contributed by atoms with van der Waals surface area (Å²) in [6.45, 7) is 0. The molecular formula is C10H6Cl2FN3. The molecule has 0 bridgehead atoms. The van der Waals surface area contributed by atoms with E-state index in [9.17, 15) is 4.39 Å². The molecular weight excluding hydrogens is 252 g/mol. The van der Waals surface area contributed by atoms with Gasteiger partial charge in [0.2, 0.25) is 0 Å². The molecule has 6 heteroatoms. The largest absolute Gasteiger partial charge is 0.338 e. The third kappa shape index (κ3) is 2.59. The van der Waals surface area contributed by atoms with E-state index < -0.39 is 5.82 Å². The lowest BCUT2D eigenvalue weighted by molar-refractivity contribution is 0.632. The molecule has 0 saturated heterocycles. The first-order valence-corrected chi connectivity index (χ1v) is 5.10. The van der Waals surface area contributed by atoms with E-state index >= 15 is 0 Å². The SMILES string of the molecule is Fc1ccc(Cl)cc1Nc1cc(Cl)ncn1. The molecule has 0 aliphatic carbocycles. The van der Waals surface area contributed by atoms with Crippen molar-refractivity contribution in [3.8, 4) is 0 Å². The van der Waals surface area contributed by atoms with Crippen molar-refractivity contribution in [1.29, 1.82) is 0 Å². The Hall–Kier alpha value is -1.39. The maximum atomic E-state index is 13.4. The Morgan fingerprint density at radius 1 is 1.12 bits per heavy atom. The highest BCUT2D eigenvalue weighted by molar-refractivity contribution is 6.31. The van der Waals surface area contributed by atoms with Gasteiger partial charge in [-0.1, -0.05) is 23.2 Å². The zero-order valence-electron chi connectivity index (χ0n) is 7.92. The molecule has 1 N–H and O–H groups in total. The predicted octanol–water partition coefficient (Wildman–Crippen LogP) is 3.67. The molecule has 0 amide bonds. The quantitative estimate of drug-likeness (QED) is 0.835. The molecule has 1 heterocycles. The normalized spacial score (nSPS) is 10.2. The average molecular weight is 258 g/mol. The second-order valence-corrected chi connectivity index (χ2v) is 3.80. The van der Waals surface area contributed by atoms with Crippen LogP contribution in [0.15, 0.2) is 30.6 Å². The number of hydrogen-bond acceptors (Lipinski definition) is 3. The molecule has 0 aliphatic heterocycles. The molecule has 0 spiro atoms. The van der Waals surface area contributed by atoms with Crippen LogP contribution in [0.5, 0.6) is 0 Å². The zero-order chi connectivity index (χ0) is 11.5. The summed E-state index contributed by atoms with van der Waals surface area (Å²) < 4.78 is 13.4. The standard InChI is InChI=1S/C10H6Cl2FN3/c11-6-1-2-7(13)8(3-6)16-10-4-9(12)14-5-15-10/h1-5H,(H,14,15,16). The molecule has 1 aromatic carbocycles. The minimum atomic E-state index is -0.417. The summed E-state index contributed by atoms with van der Waals surface area (Å²) in [4.78, 5) is 7.61. The van der Waals surface area contributed by atoms with Gasteiger partial charge in [-0.15, -0.1) is 0 Å². The number of nitrogens with zero attached hydrogens (tertiary/aromatic N) is 2. The number of anilines is 2. The highest BCUT2D eigenvalue weighted by Crippen LogP contribution is 2.23.